The highest BCUT2D eigenvalue weighted by Crippen LogP contribution is 2.30. The van der Waals surface area contributed by atoms with Crippen molar-refractivity contribution in [2.24, 2.45) is 5.92 Å². The van der Waals surface area contributed by atoms with Gasteiger partial charge in [0, 0.05) is 18.2 Å². The molecule has 0 saturated carbocycles. The molecule has 2 aromatic heterocycles. The predicted molar refractivity (Wildman–Crippen MR) is 130 cm³/mol. The number of benzene rings is 2. The number of nitrogens with zero attached hydrogens (tertiary/aromatic N) is 4. The first-order valence-corrected chi connectivity index (χ1v) is 11.9. The molecule has 0 aliphatic heterocycles. The van der Waals surface area contributed by atoms with Gasteiger partial charge in [0.05, 0.1) is 11.7 Å². The van der Waals surface area contributed by atoms with Crippen molar-refractivity contribution in [3.63, 3.8) is 0 Å². The Bertz CT molecular complexity index is 1320. The Morgan fingerprint density at radius 2 is 2.00 bits per heavy atom. The highest BCUT2D eigenvalue weighted by Gasteiger charge is 2.22. The second-order valence-electron chi connectivity index (χ2n) is 9.32. The summed E-state index contributed by atoms with van der Waals surface area (Å²) in [5.74, 6) is 1.25. The van der Waals surface area contributed by atoms with Crippen LogP contribution in [-0.2, 0) is 12.8 Å². The molecule has 0 spiro atoms. The maximum Gasteiger partial charge on any atom is 0.268 e. The number of hydrogen-bond donors (Lipinski definition) is 1. The molecule has 1 atom stereocenters. The van der Waals surface area contributed by atoms with Gasteiger partial charge in [0.2, 0.25) is 5.89 Å². The minimum absolute atomic E-state index is 0.0367. The minimum atomic E-state index is -0.0751. The maximum absolute atomic E-state index is 13.2. The van der Waals surface area contributed by atoms with E-state index in [2.05, 4.69) is 47.6 Å². The van der Waals surface area contributed by atoms with Crippen molar-refractivity contribution < 1.29 is 9.21 Å². The van der Waals surface area contributed by atoms with Gasteiger partial charge in [0.1, 0.15) is 5.69 Å². The molecule has 1 aliphatic rings. The summed E-state index contributed by atoms with van der Waals surface area (Å²) in [7, 11) is 0. The highest BCUT2D eigenvalue weighted by atomic mass is 16.4. The third-order valence-corrected chi connectivity index (χ3v) is 6.17. The number of nitrogens with one attached hydrogen (secondary N) is 1. The number of carbonyl (C=O) groups is 1. The first kappa shape index (κ1) is 22.1. The van der Waals surface area contributed by atoms with E-state index in [-0.39, 0.29) is 11.9 Å². The fourth-order valence-corrected chi connectivity index (χ4v) is 4.64. The molecule has 1 aliphatic carbocycles. The molecular weight excluding hydrogens is 426 g/mol. The van der Waals surface area contributed by atoms with Crippen LogP contribution < -0.4 is 5.32 Å². The zero-order valence-corrected chi connectivity index (χ0v) is 19.8. The Morgan fingerprint density at radius 1 is 1.15 bits per heavy atom. The van der Waals surface area contributed by atoms with E-state index < -0.39 is 0 Å². The van der Waals surface area contributed by atoms with Crippen LogP contribution in [0.25, 0.3) is 17.3 Å². The average molecular weight is 456 g/mol. The molecule has 0 radical (unpaired) electrons. The fourth-order valence-electron chi connectivity index (χ4n) is 4.64. The van der Waals surface area contributed by atoms with Crippen molar-refractivity contribution >= 4 is 5.91 Å². The average Bonchev–Trinajstić information content (AvgIpc) is 3.45. The maximum atomic E-state index is 13.2. The predicted octanol–water partition coefficient (Wildman–Crippen LogP) is 5.24. The summed E-state index contributed by atoms with van der Waals surface area (Å²) in [5.41, 5.74) is 5.65. The standard InChI is InChI=1S/C27H29N5O2/c1-17(2)14-22-16-25(27-30-29-18(3)34-27)31-32(22)21-11-6-10-20(15-21)26(33)28-24-13-7-9-19-8-4-5-12-23(19)24/h4-6,8,10-12,15-17,24H,7,9,13-14H2,1-3H3,(H,28,33)/t24-/m1/s1. The number of carbonyl (C=O) groups excluding carboxylic acids is 1. The van der Waals surface area contributed by atoms with Crippen molar-refractivity contribution in [3.8, 4) is 17.3 Å². The van der Waals surface area contributed by atoms with Crippen LogP contribution in [0.15, 0.2) is 59.0 Å². The summed E-state index contributed by atoms with van der Waals surface area (Å²) < 4.78 is 7.47. The van der Waals surface area contributed by atoms with Gasteiger partial charge in [0.25, 0.3) is 11.8 Å². The van der Waals surface area contributed by atoms with Crippen LogP contribution in [0.1, 0.15) is 65.8 Å². The molecule has 5 rings (SSSR count). The Morgan fingerprint density at radius 3 is 2.79 bits per heavy atom. The SMILES string of the molecule is Cc1nnc(-c2cc(CC(C)C)n(-c3cccc(C(=O)N[C@@H]4CCCc5ccccc54)c3)n2)o1. The van der Waals surface area contributed by atoms with E-state index in [4.69, 9.17) is 9.52 Å². The van der Waals surface area contributed by atoms with Crippen molar-refractivity contribution in [1.82, 2.24) is 25.3 Å². The van der Waals surface area contributed by atoms with Crippen LogP contribution in [0, 0.1) is 12.8 Å². The van der Waals surface area contributed by atoms with Gasteiger partial charge in [-0.2, -0.15) is 5.10 Å². The van der Waals surface area contributed by atoms with E-state index >= 15 is 0 Å². The molecule has 1 N–H and O–H groups in total. The molecule has 0 bridgehead atoms. The second kappa shape index (κ2) is 9.25. The first-order chi connectivity index (χ1) is 16.5. The molecule has 0 unspecified atom stereocenters. The number of hydrogen-bond acceptors (Lipinski definition) is 5. The molecule has 0 fully saturated rings. The van der Waals surface area contributed by atoms with Gasteiger partial charge in [-0.25, -0.2) is 4.68 Å². The summed E-state index contributed by atoms with van der Waals surface area (Å²) in [5, 5.41) is 16.0. The lowest BCUT2D eigenvalue weighted by atomic mass is 9.87. The summed E-state index contributed by atoms with van der Waals surface area (Å²) in [4.78, 5) is 13.2. The summed E-state index contributed by atoms with van der Waals surface area (Å²) in [6, 6.07) is 18.0. The van der Waals surface area contributed by atoms with Gasteiger partial charge in [-0.3, -0.25) is 4.79 Å². The van der Waals surface area contributed by atoms with Gasteiger partial charge >= 0.3 is 0 Å². The van der Waals surface area contributed by atoms with Gasteiger partial charge in [-0.05, 0) is 67.0 Å². The minimum Gasteiger partial charge on any atom is -0.420 e. The Balaban J connectivity index is 1.44. The van der Waals surface area contributed by atoms with Crippen LogP contribution in [0.5, 0.6) is 0 Å². The second-order valence-corrected chi connectivity index (χ2v) is 9.32. The van der Waals surface area contributed by atoms with E-state index in [9.17, 15) is 4.79 Å². The molecule has 4 aromatic rings. The number of fused-ring (bicyclic) bond motifs is 1. The van der Waals surface area contributed by atoms with Crippen molar-refractivity contribution in [1.29, 1.82) is 0 Å². The van der Waals surface area contributed by atoms with E-state index in [1.807, 2.05) is 41.1 Å². The quantitative estimate of drug-likeness (QED) is 0.430. The number of aromatic nitrogens is 4. The summed E-state index contributed by atoms with van der Waals surface area (Å²) in [6.07, 6.45) is 3.92. The lowest BCUT2D eigenvalue weighted by Gasteiger charge is -2.26. The van der Waals surface area contributed by atoms with Crippen molar-refractivity contribution in [3.05, 3.63) is 82.9 Å². The Kier molecular flexibility index (Phi) is 6.01. The number of rotatable bonds is 6. The Hall–Kier alpha value is -3.74. The van der Waals surface area contributed by atoms with Gasteiger partial charge in [-0.1, -0.05) is 44.2 Å². The topological polar surface area (TPSA) is 85.8 Å². The van der Waals surface area contributed by atoms with E-state index in [1.54, 1.807) is 6.92 Å². The smallest absolute Gasteiger partial charge is 0.268 e. The van der Waals surface area contributed by atoms with Gasteiger partial charge in [0.15, 0.2) is 0 Å². The fraction of sp³-hybridized carbons (Fsp3) is 0.333. The molecule has 7 nitrogen and oxygen atoms in total. The van der Waals surface area contributed by atoms with E-state index in [1.165, 1.54) is 11.1 Å². The lowest BCUT2D eigenvalue weighted by Crippen LogP contribution is -2.31. The van der Waals surface area contributed by atoms with Crippen LogP contribution in [0.4, 0.5) is 0 Å². The third kappa shape index (κ3) is 4.51. The van der Waals surface area contributed by atoms with Crippen molar-refractivity contribution in [2.45, 2.75) is 52.5 Å². The molecule has 2 heterocycles. The normalized spacial score (nSPS) is 15.4. The van der Waals surface area contributed by atoms with Crippen LogP contribution in [0.3, 0.4) is 0 Å². The van der Waals surface area contributed by atoms with Crippen molar-refractivity contribution in [2.75, 3.05) is 0 Å². The largest absolute Gasteiger partial charge is 0.420 e. The highest BCUT2D eigenvalue weighted by molar-refractivity contribution is 5.95. The molecule has 2 aromatic carbocycles. The molecule has 34 heavy (non-hydrogen) atoms. The zero-order chi connectivity index (χ0) is 23.7. The van der Waals surface area contributed by atoms with E-state index in [0.29, 0.717) is 29.0 Å². The first-order valence-electron chi connectivity index (χ1n) is 11.9. The molecule has 0 saturated heterocycles. The summed E-state index contributed by atoms with van der Waals surface area (Å²) >= 11 is 0. The van der Waals surface area contributed by atoms with Crippen LogP contribution >= 0.6 is 0 Å². The van der Waals surface area contributed by atoms with E-state index in [0.717, 1.165) is 37.1 Å². The molecule has 1 amide bonds. The third-order valence-electron chi connectivity index (χ3n) is 6.17. The number of amides is 1. The van der Waals surface area contributed by atoms with Crippen LogP contribution in [-0.4, -0.2) is 25.9 Å². The van der Waals surface area contributed by atoms with Gasteiger partial charge in [-0.15, -0.1) is 10.2 Å². The zero-order valence-electron chi connectivity index (χ0n) is 19.8. The summed E-state index contributed by atoms with van der Waals surface area (Å²) in [6.45, 7) is 6.09. The molecule has 174 valence electrons. The van der Waals surface area contributed by atoms with Gasteiger partial charge < -0.3 is 9.73 Å². The molecular formula is C27H29N5O2. The number of aryl methyl sites for hydroxylation is 2. The monoisotopic (exact) mass is 455 g/mol. The Labute approximate surface area is 199 Å². The lowest BCUT2D eigenvalue weighted by molar-refractivity contribution is 0.0932. The van der Waals surface area contributed by atoms with Crippen LogP contribution in [0.2, 0.25) is 0 Å². The molecule has 7 heteroatoms.